The summed E-state index contributed by atoms with van der Waals surface area (Å²) in [7, 11) is 0. The Bertz CT molecular complexity index is 1240. The van der Waals surface area contributed by atoms with Crippen molar-refractivity contribution >= 4 is 45.5 Å². The Labute approximate surface area is 178 Å². The molecule has 0 spiro atoms. The molecule has 0 saturated heterocycles. The van der Waals surface area contributed by atoms with Crippen molar-refractivity contribution < 1.29 is 14.3 Å². The third kappa shape index (κ3) is 3.73. The first-order chi connectivity index (χ1) is 14.5. The molecule has 0 radical (unpaired) electrons. The van der Waals surface area contributed by atoms with Gasteiger partial charge in [0.15, 0.2) is 6.10 Å². The first kappa shape index (κ1) is 20.2. The number of para-hydroxylation sites is 3. The minimum absolute atomic E-state index is 0.0148. The zero-order valence-corrected chi connectivity index (χ0v) is 18.0. The quantitative estimate of drug-likeness (QED) is 0.351. The molecule has 2 aromatic carbocycles. The van der Waals surface area contributed by atoms with E-state index in [4.69, 9.17) is 4.74 Å². The molecule has 0 aliphatic carbocycles. The summed E-state index contributed by atoms with van der Waals surface area (Å²) in [6.07, 6.45) is 1.11. The van der Waals surface area contributed by atoms with Gasteiger partial charge in [-0.05, 0) is 38.3 Å². The van der Waals surface area contributed by atoms with E-state index >= 15 is 0 Å². The van der Waals surface area contributed by atoms with Gasteiger partial charge in [0.1, 0.15) is 12.4 Å². The summed E-state index contributed by atoms with van der Waals surface area (Å²) in [6, 6.07) is 15.3. The van der Waals surface area contributed by atoms with Crippen LogP contribution in [-0.4, -0.2) is 38.6 Å². The number of nitrogens with one attached hydrogen (secondary N) is 1. The van der Waals surface area contributed by atoms with Crippen molar-refractivity contribution in [2.75, 3.05) is 6.26 Å². The number of esters is 1. The molecule has 0 fully saturated rings. The number of carbonyl (C=O) groups excluding carboxylic acids is 2. The van der Waals surface area contributed by atoms with Gasteiger partial charge in [-0.2, -0.15) is 11.8 Å². The lowest BCUT2D eigenvalue weighted by Crippen LogP contribution is -2.27. The predicted octanol–water partition coefficient (Wildman–Crippen LogP) is 4.50. The third-order valence-corrected chi connectivity index (χ3v) is 5.66. The molecule has 4 aromatic rings. The second-order valence-electron chi connectivity index (χ2n) is 7.20. The number of rotatable bonds is 7. The minimum Gasteiger partial charge on any atom is -0.453 e. The Hall–Kier alpha value is -3.06. The van der Waals surface area contributed by atoms with Gasteiger partial charge in [0.05, 0.1) is 16.8 Å². The summed E-state index contributed by atoms with van der Waals surface area (Å²) in [4.78, 5) is 33.6. The second-order valence-corrected chi connectivity index (χ2v) is 8.07. The lowest BCUT2D eigenvalue weighted by Gasteiger charge is -2.14. The van der Waals surface area contributed by atoms with E-state index in [0.717, 1.165) is 33.5 Å². The fourth-order valence-corrected chi connectivity index (χ4v) is 4.23. The molecule has 1 N–H and O–H groups in total. The van der Waals surface area contributed by atoms with Crippen molar-refractivity contribution in [1.29, 1.82) is 0 Å². The van der Waals surface area contributed by atoms with Crippen LogP contribution in [-0.2, 0) is 21.8 Å². The smallest absolute Gasteiger partial charge is 0.326 e. The first-order valence-electron chi connectivity index (χ1n) is 9.73. The van der Waals surface area contributed by atoms with Gasteiger partial charge < -0.3 is 14.3 Å². The number of Topliss-reactive ketones (excluding diaryl/α,β-unsaturated/α-hetero) is 1. The van der Waals surface area contributed by atoms with Gasteiger partial charge in [-0.25, -0.2) is 4.98 Å². The highest BCUT2D eigenvalue weighted by Gasteiger charge is 2.25. The Morgan fingerprint density at radius 1 is 1.17 bits per heavy atom. The van der Waals surface area contributed by atoms with Crippen LogP contribution in [0.1, 0.15) is 28.8 Å². The Morgan fingerprint density at radius 3 is 2.70 bits per heavy atom. The summed E-state index contributed by atoms with van der Waals surface area (Å²) in [5.74, 6) is 0.828. The topological polar surface area (TPSA) is 77.0 Å². The number of hydrogen-bond donors (Lipinski definition) is 1. The van der Waals surface area contributed by atoms with Gasteiger partial charge in [0, 0.05) is 22.2 Å². The molecule has 2 heterocycles. The van der Waals surface area contributed by atoms with Crippen LogP contribution in [0.4, 0.5) is 0 Å². The number of imidazole rings is 1. The number of H-pyrrole nitrogens is 1. The molecule has 1 atom stereocenters. The van der Waals surface area contributed by atoms with Gasteiger partial charge in [0.25, 0.3) is 0 Å². The molecule has 2 aromatic heterocycles. The van der Waals surface area contributed by atoms with E-state index < -0.39 is 12.1 Å². The van der Waals surface area contributed by atoms with E-state index in [0.29, 0.717) is 11.3 Å². The fourth-order valence-electron chi connectivity index (χ4n) is 3.76. The highest BCUT2D eigenvalue weighted by molar-refractivity contribution is 7.97. The molecule has 0 aliphatic heterocycles. The van der Waals surface area contributed by atoms with Crippen LogP contribution in [0.25, 0.3) is 21.9 Å². The predicted molar refractivity (Wildman–Crippen MR) is 120 cm³/mol. The van der Waals surface area contributed by atoms with Crippen LogP contribution in [0.3, 0.4) is 0 Å². The number of ether oxygens (including phenoxy) is 1. The van der Waals surface area contributed by atoms with Crippen molar-refractivity contribution in [2.24, 2.45) is 0 Å². The van der Waals surface area contributed by atoms with Crippen molar-refractivity contribution in [3.05, 3.63) is 65.6 Å². The number of thioether (sulfide) groups is 1. The van der Waals surface area contributed by atoms with Crippen LogP contribution < -0.4 is 0 Å². The van der Waals surface area contributed by atoms with Crippen molar-refractivity contribution in [3.8, 4) is 0 Å². The zero-order chi connectivity index (χ0) is 21.3. The lowest BCUT2D eigenvalue weighted by molar-refractivity contribution is -0.147. The molecule has 0 amide bonds. The monoisotopic (exact) mass is 421 g/mol. The fraction of sp³-hybridized carbons (Fsp3) is 0.261. The van der Waals surface area contributed by atoms with E-state index in [9.17, 15) is 9.59 Å². The first-order valence-corrected chi connectivity index (χ1v) is 11.1. The second kappa shape index (κ2) is 8.36. The molecule has 7 heteroatoms. The summed E-state index contributed by atoms with van der Waals surface area (Å²) in [5, 5.41) is 0.839. The van der Waals surface area contributed by atoms with Crippen LogP contribution in [0, 0.1) is 6.92 Å². The number of aromatic nitrogens is 3. The summed E-state index contributed by atoms with van der Waals surface area (Å²) in [6.45, 7) is 3.49. The summed E-state index contributed by atoms with van der Waals surface area (Å²) in [5.41, 5.74) is 3.95. The molecule has 0 bridgehead atoms. The largest absolute Gasteiger partial charge is 0.453 e. The Balaban J connectivity index is 1.54. The molecular weight excluding hydrogens is 398 g/mol. The molecule has 154 valence electrons. The number of ketones is 1. The lowest BCUT2D eigenvalue weighted by atomic mass is 10.0. The Morgan fingerprint density at radius 2 is 1.90 bits per heavy atom. The maximum absolute atomic E-state index is 13.0. The molecule has 0 saturated carbocycles. The number of carbonyl (C=O) groups is 2. The zero-order valence-electron chi connectivity index (χ0n) is 17.1. The normalized spacial score (nSPS) is 12.4. The van der Waals surface area contributed by atoms with Gasteiger partial charge in [-0.1, -0.05) is 30.3 Å². The molecule has 4 rings (SSSR count). The SMILES string of the molecule is CSCc1nc2ccccc2n1CC(=O)O[C@H](C)C(=O)c1c(C)[nH]c2ccccc12. The van der Waals surface area contributed by atoms with Gasteiger partial charge >= 0.3 is 5.97 Å². The van der Waals surface area contributed by atoms with E-state index in [1.807, 2.05) is 66.3 Å². The van der Waals surface area contributed by atoms with Crippen LogP contribution in [0.2, 0.25) is 0 Å². The van der Waals surface area contributed by atoms with Gasteiger partial charge in [-0.15, -0.1) is 0 Å². The summed E-state index contributed by atoms with van der Waals surface area (Å²) >= 11 is 1.64. The Kier molecular flexibility index (Phi) is 5.63. The third-order valence-electron chi connectivity index (χ3n) is 5.11. The number of hydrogen-bond acceptors (Lipinski definition) is 5. The van der Waals surface area contributed by atoms with Crippen molar-refractivity contribution in [3.63, 3.8) is 0 Å². The number of benzene rings is 2. The molecule has 0 aliphatic rings. The summed E-state index contributed by atoms with van der Waals surface area (Å²) < 4.78 is 7.40. The maximum Gasteiger partial charge on any atom is 0.326 e. The van der Waals surface area contributed by atoms with E-state index in [1.54, 1.807) is 18.7 Å². The average molecular weight is 422 g/mol. The van der Waals surface area contributed by atoms with Crippen molar-refractivity contribution in [1.82, 2.24) is 14.5 Å². The maximum atomic E-state index is 13.0. The number of nitrogens with zero attached hydrogens (tertiary/aromatic N) is 2. The van der Waals surface area contributed by atoms with Gasteiger partial charge in [0.2, 0.25) is 5.78 Å². The standard InChI is InChI=1S/C23H23N3O3S/c1-14-22(16-8-4-5-9-17(16)24-14)23(28)15(2)29-21(27)12-26-19-11-7-6-10-18(19)25-20(26)13-30-3/h4-11,15,24H,12-13H2,1-3H3/t15-/m1/s1. The molecule has 6 nitrogen and oxygen atoms in total. The van der Waals surface area contributed by atoms with Crippen LogP contribution >= 0.6 is 11.8 Å². The van der Waals surface area contributed by atoms with E-state index in [2.05, 4.69) is 9.97 Å². The van der Waals surface area contributed by atoms with Crippen molar-refractivity contribution in [2.45, 2.75) is 32.2 Å². The van der Waals surface area contributed by atoms with Crippen LogP contribution in [0.5, 0.6) is 0 Å². The average Bonchev–Trinajstić information content (AvgIpc) is 3.24. The highest BCUT2D eigenvalue weighted by Crippen LogP contribution is 2.24. The molecule has 0 unspecified atom stereocenters. The number of aryl methyl sites for hydroxylation is 1. The van der Waals surface area contributed by atoms with Gasteiger partial charge in [-0.3, -0.25) is 9.59 Å². The molecule has 30 heavy (non-hydrogen) atoms. The molecular formula is C23H23N3O3S. The number of fused-ring (bicyclic) bond motifs is 2. The highest BCUT2D eigenvalue weighted by atomic mass is 32.2. The number of aromatic amines is 1. The van der Waals surface area contributed by atoms with E-state index in [1.165, 1.54) is 0 Å². The van der Waals surface area contributed by atoms with E-state index in [-0.39, 0.29) is 12.3 Å². The minimum atomic E-state index is -0.880. The van der Waals surface area contributed by atoms with Crippen LogP contribution in [0.15, 0.2) is 48.5 Å².